The predicted octanol–water partition coefficient (Wildman–Crippen LogP) is 4.64. The molecule has 0 radical (unpaired) electrons. The largest absolute Gasteiger partial charge is 0.360 e. The van der Waals surface area contributed by atoms with Crippen LogP contribution >= 0.6 is 0 Å². The van der Waals surface area contributed by atoms with Crippen LogP contribution in [0.25, 0.3) is 10.9 Å². The van der Waals surface area contributed by atoms with Gasteiger partial charge >= 0.3 is 0 Å². The molecule has 3 unspecified atom stereocenters. The molecule has 3 heterocycles. The third-order valence-electron chi connectivity index (χ3n) is 6.17. The number of aromatic nitrogens is 1. The van der Waals surface area contributed by atoms with E-state index in [1.165, 1.54) is 45.2 Å². The van der Waals surface area contributed by atoms with Crippen LogP contribution in [0.1, 0.15) is 55.8 Å². The Hall–Kier alpha value is -1.61. The van der Waals surface area contributed by atoms with Crippen molar-refractivity contribution in [3.8, 4) is 0 Å². The van der Waals surface area contributed by atoms with Crippen LogP contribution in [0.5, 0.6) is 0 Å². The number of fused-ring (bicyclic) bond motifs is 2. The van der Waals surface area contributed by atoms with Crippen LogP contribution in [-0.2, 0) is 0 Å². The van der Waals surface area contributed by atoms with Gasteiger partial charge < -0.3 is 9.88 Å². The van der Waals surface area contributed by atoms with Crippen molar-refractivity contribution in [2.24, 2.45) is 11.8 Å². The Balaban J connectivity index is 1.42. The van der Waals surface area contributed by atoms with Crippen LogP contribution in [0.3, 0.4) is 0 Å². The van der Waals surface area contributed by atoms with Gasteiger partial charge in [0.2, 0.25) is 0 Å². The summed E-state index contributed by atoms with van der Waals surface area (Å²) >= 11 is 0. The Morgan fingerprint density at radius 3 is 3.04 bits per heavy atom. The van der Waals surface area contributed by atoms with Crippen LogP contribution in [0, 0.1) is 11.8 Å². The topological polar surface area (TPSA) is 36.1 Å². The fraction of sp³-hybridized carbons (Fsp3) is 0.571. The van der Waals surface area contributed by atoms with Crippen molar-refractivity contribution in [1.82, 2.24) is 9.88 Å². The zero-order valence-electron chi connectivity index (χ0n) is 14.6. The lowest BCUT2D eigenvalue weighted by Crippen LogP contribution is -2.45. The monoisotopic (exact) mass is 324 g/mol. The van der Waals surface area contributed by atoms with Gasteiger partial charge in [0.1, 0.15) is 0 Å². The predicted molar refractivity (Wildman–Crippen MR) is 98.3 cm³/mol. The van der Waals surface area contributed by atoms with E-state index in [0.29, 0.717) is 11.7 Å². The van der Waals surface area contributed by atoms with Crippen molar-refractivity contribution >= 4 is 16.7 Å². The SMILES string of the molecule is CC(CC1CCN2CCCCC2C1)C(=O)c1c[nH]c2ccccc12. The number of benzene rings is 1. The van der Waals surface area contributed by atoms with Crippen LogP contribution in [-0.4, -0.2) is 34.8 Å². The summed E-state index contributed by atoms with van der Waals surface area (Å²) in [5.41, 5.74) is 1.93. The minimum Gasteiger partial charge on any atom is -0.360 e. The standard InChI is InChI=1S/C21H28N2O/c1-15(12-16-9-11-23-10-5-4-6-17(23)13-16)21(24)19-14-22-20-8-3-2-7-18(19)20/h2-3,7-8,14-17,22H,4-6,9-13H2,1H3. The van der Waals surface area contributed by atoms with Gasteiger partial charge in [-0.15, -0.1) is 0 Å². The molecule has 1 N–H and O–H groups in total. The van der Waals surface area contributed by atoms with Gasteiger partial charge in [-0.1, -0.05) is 31.5 Å². The normalized spacial score (nSPS) is 26.2. The first kappa shape index (κ1) is 15.9. The molecule has 0 bridgehead atoms. The molecule has 3 atom stereocenters. The highest BCUT2D eigenvalue weighted by molar-refractivity contribution is 6.08. The number of ketones is 1. The van der Waals surface area contributed by atoms with E-state index in [-0.39, 0.29) is 5.92 Å². The molecule has 1 aromatic heterocycles. The number of hydrogen-bond donors (Lipinski definition) is 1. The number of nitrogens with zero attached hydrogens (tertiary/aromatic N) is 1. The molecular formula is C21H28N2O. The van der Waals surface area contributed by atoms with E-state index in [4.69, 9.17) is 0 Å². The van der Waals surface area contributed by atoms with E-state index in [1.807, 2.05) is 30.5 Å². The van der Waals surface area contributed by atoms with Crippen molar-refractivity contribution in [2.75, 3.05) is 13.1 Å². The van der Waals surface area contributed by atoms with E-state index in [9.17, 15) is 4.79 Å². The number of carbonyl (C=O) groups is 1. The average molecular weight is 324 g/mol. The van der Waals surface area contributed by atoms with Crippen LogP contribution < -0.4 is 0 Å². The fourth-order valence-corrected chi connectivity index (χ4v) is 4.83. The summed E-state index contributed by atoms with van der Waals surface area (Å²) in [6.45, 7) is 4.65. The van der Waals surface area contributed by atoms with Crippen molar-refractivity contribution in [3.63, 3.8) is 0 Å². The Labute approximate surface area is 144 Å². The smallest absolute Gasteiger partial charge is 0.167 e. The lowest BCUT2D eigenvalue weighted by molar-refractivity contribution is 0.0670. The molecule has 0 aliphatic carbocycles. The van der Waals surface area contributed by atoms with E-state index >= 15 is 0 Å². The Morgan fingerprint density at radius 1 is 1.25 bits per heavy atom. The van der Waals surface area contributed by atoms with Gasteiger partial charge in [-0.25, -0.2) is 0 Å². The number of carbonyl (C=O) groups excluding carboxylic acids is 1. The zero-order chi connectivity index (χ0) is 16.5. The summed E-state index contributed by atoms with van der Waals surface area (Å²) < 4.78 is 0. The summed E-state index contributed by atoms with van der Waals surface area (Å²) in [4.78, 5) is 18.9. The molecule has 2 saturated heterocycles. The number of para-hydroxylation sites is 1. The number of rotatable bonds is 4. The maximum atomic E-state index is 12.9. The molecule has 4 rings (SSSR count). The van der Waals surface area contributed by atoms with Crippen molar-refractivity contribution in [3.05, 3.63) is 36.0 Å². The Morgan fingerprint density at radius 2 is 2.12 bits per heavy atom. The van der Waals surface area contributed by atoms with Gasteiger partial charge in [0.15, 0.2) is 5.78 Å². The molecule has 3 heteroatoms. The molecular weight excluding hydrogens is 296 g/mol. The van der Waals surface area contributed by atoms with E-state index in [2.05, 4.69) is 16.8 Å². The van der Waals surface area contributed by atoms with Crippen LogP contribution in [0.4, 0.5) is 0 Å². The third-order valence-corrected chi connectivity index (χ3v) is 6.17. The molecule has 128 valence electrons. The van der Waals surface area contributed by atoms with E-state index < -0.39 is 0 Å². The van der Waals surface area contributed by atoms with Gasteiger partial charge in [0.25, 0.3) is 0 Å². The van der Waals surface area contributed by atoms with Gasteiger partial charge in [0, 0.05) is 34.6 Å². The number of Topliss-reactive ketones (excluding diaryl/α,β-unsaturated/α-hetero) is 1. The molecule has 2 aliphatic heterocycles. The van der Waals surface area contributed by atoms with Gasteiger partial charge in [-0.2, -0.15) is 0 Å². The Bertz CT molecular complexity index is 719. The van der Waals surface area contributed by atoms with E-state index in [1.54, 1.807) is 0 Å². The van der Waals surface area contributed by atoms with Crippen LogP contribution in [0.2, 0.25) is 0 Å². The van der Waals surface area contributed by atoms with Crippen molar-refractivity contribution in [2.45, 2.75) is 51.5 Å². The highest BCUT2D eigenvalue weighted by Crippen LogP contribution is 2.34. The second-order valence-corrected chi connectivity index (χ2v) is 7.82. The molecule has 0 saturated carbocycles. The molecule has 2 aliphatic rings. The quantitative estimate of drug-likeness (QED) is 0.832. The summed E-state index contributed by atoms with van der Waals surface area (Å²) in [7, 11) is 0. The first-order valence-electron chi connectivity index (χ1n) is 9.56. The summed E-state index contributed by atoms with van der Waals surface area (Å²) in [5, 5.41) is 1.07. The minimum absolute atomic E-state index is 0.115. The third kappa shape index (κ3) is 3.02. The maximum Gasteiger partial charge on any atom is 0.167 e. The summed E-state index contributed by atoms with van der Waals surface area (Å²) in [6.07, 6.45) is 9.62. The lowest BCUT2D eigenvalue weighted by Gasteiger charge is -2.43. The molecule has 0 amide bonds. The number of nitrogens with one attached hydrogen (secondary N) is 1. The fourth-order valence-electron chi connectivity index (χ4n) is 4.83. The zero-order valence-corrected chi connectivity index (χ0v) is 14.6. The number of H-pyrrole nitrogens is 1. The first-order chi connectivity index (χ1) is 11.7. The Kier molecular flexibility index (Phi) is 4.45. The maximum absolute atomic E-state index is 12.9. The minimum atomic E-state index is 0.115. The molecule has 3 nitrogen and oxygen atoms in total. The van der Waals surface area contributed by atoms with Crippen molar-refractivity contribution in [1.29, 1.82) is 0 Å². The van der Waals surface area contributed by atoms with Crippen LogP contribution in [0.15, 0.2) is 30.5 Å². The molecule has 2 aromatic rings. The number of aromatic amines is 1. The second kappa shape index (κ2) is 6.72. The molecule has 0 spiro atoms. The van der Waals surface area contributed by atoms with Gasteiger partial charge in [-0.3, -0.25) is 4.79 Å². The van der Waals surface area contributed by atoms with Gasteiger partial charge in [-0.05, 0) is 57.2 Å². The second-order valence-electron chi connectivity index (χ2n) is 7.82. The average Bonchev–Trinajstić information content (AvgIpc) is 3.05. The number of hydrogen-bond acceptors (Lipinski definition) is 2. The molecule has 1 aromatic carbocycles. The van der Waals surface area contributed by atoms with Crippen molar-refractivity contribution < 1.29 is 4.79 Å². The first-order valence-corrected chi connectivity index (χ1v) is 9.56. The summed E-state index contributed by atoms with van der Waals surface area (Å²) in [5.74, 6) is 1.14. The number of piperidine rings is 2. The highest BCUT2D eigenvalue weighted by atomic mass is 16.1. The summed E-state index contributed by atoms with van der Waals surface area (Å²) in [6, 6.07) is 8.89. The van der Waals surface area contributed by atoms with Gasteiger partial charge in [0.05, 0.1) is 0 Å². The highest BCUT2D eigenvalue weighted by Gasteiger charge is 2.32. The molecule has 24 heavy (non-hydrogen) atoms. The lowest BCUT2D eigenvalue weighted by atomic mass is 9.80. The molecule has 2 fully saturated rings. The van der Waals surface area contributed by atoms with E-state index in [0.717, 1.165) is 28.9 Å².